The fourth-order valence-corrected chi connectivity index (χ4v) is 2.15. The van der Waals surface area contributed by atoms with Gasteiger partial charge < -0.3 is 4.74 Å². The van der Waals surface area contributed by atoms with Gasteiger partial charge in [-0.2, -0.15) is 0 Å². The van der Waals surface area contributed by atoms with Gasteiger partial charge in [0, 0.05) is 10.8 Å². The summed E-state index contributed by atoms with van der Waals surface area (Å²) in [5.41, 5.74) is 1.68. The van der Waals surface area contributed by atoms with Crippen LogP contribution < -0.4 is 15.3 Å². The molecule has 3 heteroatoms. The lowest BCUT2D eigenvalue weighted by Crippen LogP contribution is -2.24. The van der Waals surface area contributed by atoms with Crippen LogP contribution in [0.25, 0.3) is 11.8 Å². The summed E-state index contributed by atoms with van der Waals surface area (Å²) in [6, 6.07) is 12.1. The lowest BCUT2D eigenvalue weighted by Gasteiger charge is -2.04. The van der Waals surface area contributed by atoms with Gasteiger partial charge in [-0.05, 0) is 48.5 Å². The number of rotatable bonds is 2. The molecular formula is C18H14FNO. The van der Waals surface area contributed by atoms with Gasteiger partial charge in [-0.1, -0.05) is 18.2 Å². The summed E-state index contributed by atoms with van der Waals surface area (Å²) >= 11 is 0. The largest absolute Gasteiger partial charge is 0.497 e. The molecule has 0 atom stereocenters. The monoisotopic (exact) mass is 279 g/mol. The molecule has 1 aliphatic heterocycles. The Hall–Kier alpha value is -2.68. The second kappa shape index (κ2) is 5.75. The number of allylic oxidation sites excluding steroid dienone is 3. The fourth-order valence-electron chi connectivity index (χ4n) is 2.15. The summed E-state index contributed by atoms with van der Waals surface area (Å²) < 4.78 is 18.3. The average molecular weight is 279 g/mol. The molecule has 104 valence electrons. The number of hydrogen-bond acceptors (Lipinski definition) is 2. The fraction of sp³-hybridized carbons (Fsp3) is 0.0556. The maximum atomic E-state index is 13.0. The molecule has 0 saturated carbocycles. The third kappa shape index (κ3) is 2.92. The Morgan fingerprint density at radius 3 is 2.48 bits per heavy atom. The number of nitrogens with zero attached hydrogens (tertiary/aromatic N) is 1. The van der Waals surface area contributed by atoms with Crippen molar-refractivity contribution in [3.05, 3.63) is 82.6 Å². The molecule has 1 aliphatic rings. The van der Waals surface area contributed by atoms with Gasteiger partial charge >= 0.3 is 0 Å². The highest BCUT2D eigenvalue weighted by Crippen LogP contribution is 2.16. The molecule has 0 unspecified atom stereocenters. The smallest absolute Gasteiger partial charge is 0.123 e. The minimum Gasteiger partial charge on any atom is -0.497 e. The summed E-state index contributed by atoms with van der Waals surface area (Å²) in [5.74, 6) is 0.542. The van der Waals surface area contributed by atoms with Gasteiger partial charge in [0.15, 0.2) is 0 Å². The Balaban J connectivity index is 2.15. The van der Waals surface area contributed by atoms with Crippen LogP contribution in [-0.4, -0.2) is 7.11 Å². The third-order valence-electron chi connectivity index (χ3n) is 3.26. The van der Waals surface area contributed by atoms with Gasteiger partial charge in [-0.3, -0.25) is 0 Å². The molecule has 0 bridgehead atoms. The van der Waals surface area contributed by atoms with Crippen LogP contribution in [0.1, 0.15) is 5.56 Å². The maximum Gasteiger partial charge on any atom is 0.123 e. The zero-order chi connectivity index (χ0) is 14.7. The van der Waals surface area contributed by atoms with Crippen molar-refractivity contribution in [2.24, 2.45) is 4.99 Å². The number of benzene rings is 2. The predicted molar refractivity (Wildman–Crippen MR) is 81.8 cm³/mol. The first-order valence-corrected chi connectivity index (χ1v) is 6.64. The van der Waals surface area contributed by atoms with E-state index in [1.807, 2.05) is 42.5 Å². The van der Waals surface area contributed by atoms with Gasteiger partial charge in [0.05, 0.1) is 18.2 Å². The van der Waals surface area contributed by atoms with Crippen molar-refractivity contribution in [2.45, 2.75) is 0 Å². The Bertz CT molecular complexity index is 833. The van der Waals surface area contributed by atoms with Crippen molar-refractivity contribution >= 4 is 11.8 Å². The molecule has 0 N–H and O–H groups in total. The average Bonchev–Trinajstić information content (AvgIpc) is 2.49. The van der Waals surface area contributed by atoms with E-state index in [2.05, 4.69) is 4.99 Å². The van der Waals surface area contributed by atoms with Crippen LogP contribution in [0, 0.1) is 5.82 Å². The predicted octanol–water partition coefficient (Wildman–Crippen LogP) is 2.85. The number of halogens is 1. The van der Waals surface area contributed by atoms with E-state index in [4.69, 9.17) is 4.74 Å². The van der Waals surface area contributed by atoms with Crippen LogP contribution in [0.15, 0.2) is 65.7 Å². The molecule has 3 rings (SSSR count). The SMILES string of the molecule is COc1ccc2/c(c1)=C\C=C/C=C(c1ccc(F)cc1)\N=2. The number of methoxy groups -OCH3 is 1. The van der Waals surface area contributed by atoms with Crippen LogP contribution in [0.4, 0.5) is 4.39 Å². The minimum absolute atomic E-state index is 0.251. The minimum atomic E-state index is -0.251. The van der Waals surface area contributed by atoms with Crippen molar-refractivity contribution in [3.63, 3.8) is 0 Å². The quantitative estimate of drug-likeness (QED) is 0.828. The third-order valence-corrected chi connectivity index (χ3v) is 3.26. The van der Waals surface area contributed by atoms with Gasteiger partial charge in [-0.25, -0.2) is 9.38 Å². The van der Waals surface area contributed by atoms with E-state index in [1.54, 1.807) is 19.2 Å². The first kappa shape index (κ1) is 13.3. The number of fused-ring (bicyclic) bond motifs is 1. The molecule has 0 saturated heterocycles. The standard InChI is InChI=1S/C18H14FNO/c1-21-16-10-11-18-14(12-16)4-2-3-5-17(20-18)13-6-8-15(19)9-7-13/h2-12H,1H3/b3-2-,4-2?,5-3?,14-4-,17-5-,20-17?,20-18-. The highest BCUT2D eigenvalue weighted by atomic mass is 19.1. The molecule has 2 nitrogen and oxygen atoms in total. The molecule has 0 aromatic heterocycles. The van der Waals surface area contributed by atoms with Crippen molar-refractivity contribution in [1.29, 1.82) is 0 Å². The Morgan fingerprint density at radius 2 is 1.71 bits per heavy atom. The lowest BCUT2D eigenvalue weighted by atomic mass is 10.1. The zero-order valence-electron chi connectivity index (χ0n) is 11.6. The van der Waals surface area contributed by atoms with Crippen molar-refractivity contribution in [3.8, 4) is 5.75 Å². The number of hydrogen-bond donors (Lipinski definition) is 0. The van der Waals surface area contributed by atoms with Crippen LogP contribution in [0.5, 0.6) is 5.75 Å². The molecule has 21 heavy (non-hydrogen) atoms. The van der Waals surface area contributed by atoms with Crippen LogP contribution in [-0.2, 0) is 0 Å². The molecule has 0 radical (unpaired) electrons. The second-order valence-corrected chi connectivity index (χ2v) is 4.65. The van der Waals surface area contributed by atoms with Gasteiger partial charge in [0.1, 0.15) is 11.6 Å². The highest BCUT2D eigenvalue weighted by Gasteiger charge is 2.01. The molecule has 0 amide bonds. The van der Waals surface area contributed by atoms with Crippen molar-refractivity contribution in [2.75, 3.05) is 7.11 Å². The highest BCUT2D eigenvalue weighted by molar-refractivity contribution is 5.67. The topological polar surface area (TPSA) is 21.6 Å². The van der Waals surface area contributed by atoms with E-state index in [0.29, 0.717) is 0 Å². The Morgan fingerprint density at radius 1 is 0.952 bits per heavy atom. The molecule has 0 fully saturated rings. The molecule has 2 aromatic rings. The second-order valence-electron chi connectivity index (χ2n) is 4.65. The van der Waals surface area contributed by atoms with E-state index in [-0.39, 0.29) is 5.82 Å². The summed E-state index contributed by atoms with van der Waals surface area (Å²) in [7, 11) is 1.64. The van der Waals surface area contributed by atoms with Crippen LogP contribution >= 0.6 is 0 Å². The van der Waals surface area contributed by atoms with Crippen molar-refractivity contribution in [1.82, 2.24) is 0 Å². The number of ether oxygens (including phenoxy) is 1. The van der Waals surface area contributed by atoms with E-state index in [0.717, 1.165) is 27.6 Å². The van der Waals surface area contributed by atoms with Crippen molar-refractivity contribution < 1.29 is 9.13 Å². The molecule has 0 spiro atoms. The van der Waals surface area contributed by atoms with Crippen LogP contribution in [0.2, 0.25) is 0 Å². The van der Waals surface area contributed by atoms with E-state index >= 15 is 0 Å². The Kier molecular flexibility index (Phi) is 3.65. The van der Waals surface area contributed by atoms with E-state index in [9.17, 15) is 4.39 Å². The normalized spacial score (nSPS) is 20.4. The van der Waals surface area contributed by atoms with Gasteiger partial charge in [0.2, 0.25) is 0 Å². The Labute approximate surface area is 122 Å². The van der Waals surface area contributed by atoms with Gasteiger partial charge in [-0.15, -0.1) is 0 Å². The summed E-state index contributed by atoms with van der Waals surface area (Å²) in [5, 5.41) is 1.84. The molecule has 1 heterocycles. The summed E-state index contributed by atoms with van der Waals surface area (Å²) in [4.78, 5) is 4.68. The zero-order valence-corrected chi connectivity index (χ0v) is 11.6. The molecular weight excluding hydrogens is 265 g/mol. The lowest BCUT2D eigenvalue weighted by molar-refractivity contribution is 0.414. The first-order chi connectivity index (χ1) is 10.3. The maximum absolute atomic E-state index is 13.0. The summed E-state index contributed by atoms with van der Waals surface area (Å²) in [6.45, 7) is 0. The first-order valence-electron chi connectivity index (χ1n) is 6.64. The van der Waals surface area contributed by atoms with Gasteiger partial charge in [0.25, 0.3) is 0 Å². The van der Waals surface area contributed by atoms with Crippen LogP contribution in [0.3, 0.4) is 0 Å². The molecule has 2 aromatic carbocycles. The van der Waals surface area contributed by atoms with E-state index in [1.165, 1.54) is 12.1 Å². The van der Waals surface area contributed by atoms with E-state index < -0.39 is 0 Å². The molecule has 0 aliphatic carbocycles. The summed E-state index contributed by atoms with van der Waals surface area (Å²) in [6.07, 6.45) is 7.78.